The van der Waals surface area contributed by atoms with Crippen LogP contribution in [0.25, 0.3) is 0 Å². The van der Waals surface area contributed by atoms with Gasteiger partial charge < -0.3 is 15.1 Å². The minimum absolute atomic E-state index is 0.230. The van der Waals surface area contributed by atoms with Gasteiger partial charge in [-0.25, -0.2) is 0 Å². The lowest BCUT2D eigenvalue weighted by Gasteiger charge is -2.35. The molecule has 1 aliphatic heterocycles. The minimum atomic E-state index is -0.230. The van der Waals surface area contributed by atoms with Crippen LogP contribution in [-0.2, 0) is 0 Å². The number of rotatable bonds is 4. The second-order valence-electron chi connectivity index (χ2n) is 5.79. The Hall–Kier alpha value is -2.11. The zero-order valence-corrected chi connectivity index (χ0v) is 14.5. The van der Waals surface area contributed by atoms with Crippen molar-refractivity contribution in [3.05, 3.63) is 53.3 Å². The molecule has 1 aliphatic rings. The maximum Gasteiger partial charge on any atom is 0.274 e. The Kier molecular flexibility index (Phi) is 5.33. The van der Waals surface area contributed by atoms with Crippen molar-refractivity contribution < 1.29 is 4.79 Å². The zero-order chi connectivity index (χ0) is 16.9. The van der Waals surface area contributed by atoms with Crippen LogP contribution in [0.3, 0.4) is 0 Å². The predicted molar refractivity (Wildman–Crippen MR) is 98.0 cm³/mol. The van der Waals surface area contributed by atoms with Crippen LogP contribution < -0.4 is 10.2 Å². The van der Waals surface area contributed by atoms with Crippen LogP contribution in [0.1, 0.15) is 17.4 Å². The van der Waals surface area contributed by atoms with Gasteiger partial charge in [0.05, 0.1) is 0 Å². The molecule has 24 heavy (non-hydrogen) atoms. The van der Waals surface area contributed by atoms with Gasteiger partial charge in [0.15, 0.2) is 0 Å². The molecule has 126 valence electrons. The van der Waals surface area contributed by atoms with Gasteiger partial charge in [-0.05, 0) is 36.9 Å². The van der Waals surface area contributed by atoms with Crippen LogP contribution in [0.4, 0.5) is 11.4 Å². The molecule has 3 rings (SSSR count). The second kappa shape index (κ2) is 7.64. The van der Waals surface area contributed by atoms with E-state index in [9.17, 15) is 4.79 Å². The minimum Gasteiger partial charge on any atom is -0.369 e. The highest BCUT2D eigenvalue weighted by molar-refractivity contribution is 6.30. The number of nitrogens with one attached hydrogen (secondary N) is 1. The molecule has 0 spiro atoms. The van der Waals surface area contributed by atoms with Crippen molar-refractivity contribution in [2.75, 3.05) is 42.9 Å². The number of nitrogens with zero attached hydrogens (tertiary/aromatic N) is 3. The molecule has 0 atom stereocenters. The maximum atomic E-state index is 12.4. The van der Waals surface area contributed by atoms with E-state index in [2.05, 4.69) is 27.0 Å². The number of benzene rings is 1. The Morgan fingerprint density at radius 1 is 1.21 bits per heavy atom. The third-order valence-electron chi connectivity index (χ3n) is 4.24. The number of anilines is 2. The summed E-state index contributed by atoms with van der Waals surface area (Å²) < 4.78 is 0. The number of amides is 1. The monoisotopic (exact) mass is 344 g/mol. The Morgan fingerprint density at radius 2 is 2.00 bits per heavy atom. The molecule has 0 saturated carbocycles. The van der Waals surface area contributed by atoms with Crippen LogP contribution >= 0.6 is 11.6 Å². The van der Waals surface area contributed by atoms with E-state index in [1.54, 1.807) is 30.5 Å². The van der Waals surface area contributed by atoms with Crippen molar-refractivity contribution >= 4 is 28.9 Å². The summed E-state index contributed by atoms with van der Waals surface area (Å²) in [5, 5.41) is 3.42. The molecule has 0 radical (unpaired) electrons. The molecule has 0 aliphatic carbocycles. The van der Waals surface area contributed by atoms with E-state index in [1.807, 2.05) is 12.1 Å². The SMILES string of the molecule is CCN1CCN(c2ccnc(C(=O)Nc3cccc(Cl)c3)c2)CC1. The molecule has 1 amide bonds. The van der Waals surface area contributed by atoms with Gasteiger partial charge in [-0.15, -0.1) is 0 Å². The molecule has 0 unspecified atom stereocenters. The molecule has 2 heterocycles. The van der Waals surface area contributed by atoms with E-state index in [1.165, 1.54) is 0 Å². The third kappa shape index (κ3) is 4.04. The topological polar surface area (TPSA) is 48.5 Å². The molecule has 1 aromatic carbocycles. The molecular formula is C18H21ClN4O. The van der Waals surface area contributed by atoms with E-state index in [-0.39, 0.29) is 5.91 Å². The number of hydrogen-bond acceptors (Lipinski definition) is 4. The molecule has 2 aromatic rings. The normalized spacial score (nSPS) is 15.3. The summed E-state index contributed by atoms with van der Waals surface area (Å²) in [4.78, 5) is 21.3. The highest BCUT2D eigenvalue weighted by Gasteiger charge is 2.17. The number of carbonyl (C=O) groups is 1. The third-order valence-corrected chi connectivity index (χ3v) is 4.48. The van der Waals surface area contributed by atoms with Gasteiger partial charge in [0.2, 0.25) is 0 Å². The van der Waals surface area contributed by atoms with Gasteiger partial charge in [0, 0.05) is 48.8 Å². The number of pyridine rings is 1. The number of likely N-dealkylation sites (N-methyl/N-ethyl adjacent to an activating group) is 1. The first kappa shape index (κ1) is 16.7. The average molecular weight is 345 g/mol. The lowest BCUT2D eigenvalue weighted by atomic mass is 10.2. The number of halogens is 1. The predicted octanol–water partition coefficient (Wildman–Crippen LogP) is 3.13. The molecule has 1 N–H and O–H groups in total. The summed E-state index contributed by atoms with van der Waals surface area (Å²) in [5.41, 5.74) is 2.11. The molecular weight excluding hydrogens is 324 g/mol. The van der Waals surface area contributed by atoms with Crippen LogP contribution in [0.5, 0.6) is 0 Å². The van der Waals surface area contributed by atoms with E-state index in [0.717, 1.165) is 38.4 Å². The summed E-state index contributed by atoms with van der Waals surface area (Å²) in [6.45, 7) is 7.28. The van der Waals surface area contributed by atoms with Crippen molar-refractivity contribution in [1.82, 2.24) is 9.88 Å². The van der Waals surface area contributed by atoms with Gasteiger partial charge >= 0.3 is 0 Å². The first-order chi connectivity index (χ1) is 11.7. The standard InChI is InChI=1S/C18H21ClN4O/c1-2-22-8-10-23(11-9-22)16-6-7-20-17(13-16)18(24)21-15-5-3-4-14(19)12-15/h3-7,12-13H,2,8-11H2,1H3,(H,21,24). The smallest absolute Gasteiger partial charge is 0.274 e. The number of piperazine rings is 1. The number of hydrogen-bond donors (Lipinski definition) is 1. The summed E-state index contributed by atoms with van der Waals surface area (Å²) >= 11 is 5.95. The highest BCUT2D eigenvalue weighted by atomic mass is 35.5. The summed E-state index contributed by atoms with van der Waals surface area (Å²) in [7, 11) is 0. The van der Waals surface area contributed by atoms with Crippen LogP contribution in [0, 0.1) is 0 Å². The van der Waals surface area contributed by atoms with Gasteiger partial charge in [0.1, 0.15) is 5.69 Å². The second-order valence-corrected chi connectivity index (χ2v) is 6.22. The summed E-state index contributed by atoms with van der Waals surface area (Å²) in [5.74, 6) is -0.230. The van der Waals surface area contributed by atoms with Crippen LogP contribution in [-0.4, -0.2) is 48.5 Å². The lowest BCUT2D eigenvalue weighted by molar-refractivity contribution is 0.102. The van der Waals surface area contributed by atoms with Crippen molar-refractivity contribution in [2.45, 2.75) is 6.92 Å². The van der Waals surface area contributed by atoms with Gasteiger partial charge in [-0.1, -0.05) is 24.6 Å². The van der Waals surface area contributed by atoms with Crippen molar-refractivity contribution in [3.63, 3.8) is 0 Å². The van der Waals surface area contributed by atoms with Gasteiger partial charge in [-0.2, -0.15) is 0 Å². The average Bonchev–Trinajstić information content (AvgIpc) is 2.62. The Balaban J connectivity index is 1.69. The van der Waals surface area contributed by atoms with Gasteiger partial charge in [-0.3, -0.25) is 9.78 Å². The van der Waals surface area contributed by atoms with Crippen LogP contribution in [0.15, 0.2) is 42.6 Å². The van der Waals surface area contributed by atoms with Crippen molar-refractivity contribution in [3.8, 4) is 0 Å². The summed E-state index contributed by atoms with van der Waals surface area (Å²) in [6, 6.07) is 10.9. The fourth-order valence-electron chi connectivity index (χ4n) is 2.82. The number of carbonyl (C=O) groups excluding carboxylic acids is 1. The first-order valence-corrected chi connectivity index (χ1v) is 8.54. The highest BCUT2D eigenvalue weighted by Crippen LogP contribution is 2.19. The fraction of sp³-hybridized carbons (Fsp3) is 0.333. The van der Waals surface area contributed by atoms with E-state index >= 15 is 0 Å². The molecule has 1 saturated heterocycles. The quantitative estimate of drug-likeness (QED) is 0.925. The molecule has 1 aromatic heterocycles. The molecule has 6 heteroatoms. The Labute approximate surface area is 147 Å². The van der Waals surface area contributed by atoms with E-state index in [4.69, 9.17) is 11.6 Å². The van der Waals surface area contributed by atoms with Crippen LogP contribution in [0.2, 0.25) is 5.02 Å². The molecule has 5 nitrogen and oxygen atoms in total. The zero-order valence-electron chi connectivity index (χ0n) is 13.7. The van der Waals surface area contributed by atoms with E-state index in [0.29, 0.717) is 16.4 Å². The van der Waals surface area contributed by atoms with Crippen molar-refractivity contribution in [2.24, 2.45) is 0 Å². The maximum absolute atomic E-state index is 12.4. The molecule has 0 bridgehead atoms. The van der Waals surface area contributed by atoms with E-state index < -0.39 is 0 Å². The molecule has 1 fully saturated rings. The lowest BCUT2D eigenvalue weighted by Crippen LogP contribution is -2.46. The Bertz CT molecular complexity index is 714. The van der Waals surface area contributed by atoms with Gasteiger partial charge in [0.25, 0.3) is 5.91 Å². The fourth-order valence-corrected chi connectivity index (χ4v) is 3.01. The Morgan fingerprint density at radius 3 is 2.71 bits per heavy atom. The summed E-state index contributed by atoms with van der Waals surface area (Å²) in [6.07, 6.45) is 1.69. The largest absolute Gasteiger partial charge is 0.369 e. The first-order valence-electron chi connectivity index (χ1n) is 8.16. The number of aromatic nitrogens is 1. The van der Waals surface area contributed by atoms with Crippen molar-refractivity contribution in [1.29, 1.82) is 0 Å².